The van der Waals surface area contributed by atoms with Crippen LogP contribution in [0.4, 0.5) is 0 Å². The lowest BCUT2D eigenvalue weighted by molar-refractivity contribution is -0.167. The number of ether oxygens (including phenoxy) is 2. The Hall–Kier alpha value is -3.14. The number of benzene rings is 1. The van der Waals surface area contributed by atoms with Crippen LogP contribution in [-0.2, 0) is 19.2 Å². The molecule has 1 aromatic carbocycles. The van der Waals surface area contributed by atoms with Crippen molar-refractivity contribution in [2.24, 2.45) is 5.92 Å². The lowest BCUT2D eigenvalue weighted by Gasteiger charge is -2.30. The third-order valence-corrected chi connectivity index (χ3v) is 4.51. The van der Waals surface area contributed by atoms with Gasteiger partial charge in [-0.15, -0.1) is 0 Å². The number of para-hydroxylation sites is 2. The number of Topliss-reactive ketones (excluding diaryl/α,β-unsaturated/α-hetero) is 1. The highest BCUT2D eigenvalue weighted by molar-refractivity contribution is 6.08. The number of hydrogen-bond acceptors (Lipinski definition) is 7. The molecule has 1 unspecified atom stereocenters. The quantitative estimate of drug-likeness (QED) is 0.318. The first kappa shape index (κ1) is 22.2. The Labute approximate surface area is 167 Å². The molecule has 1 saturated heterocycles. The van der Waals surface area contributed by atoms with Gasteiger partial charge in [-0.25, -0.2) is 9.59 Å². The molecule has 0 spiro atoms. The molecule has 1 aliphatic rings. The molecule has 0 aliphatic carbocycles. The van der Waals surface area contributed by atoms with E-state index < -0.39 is 36.0 Å². The molecular weight excluding hydrogens is 384 g/mol. The predicted molar refractivity (Wildman–Crippen MR) is 99.6 cm³/mol. The zero-order valence-corrected chi connectivity index (χ0v) is 16.0. The molecule has 1 amide bonds. The van der Waals surface area contributed by atoms with Gasteiger partial charge in [0, 0.05) is 13.3 Å². The van der Waals surface area contributed by atoms with E-state index in [-0.39, 0.29) is 23.8 Å². The number of nitrogens with one attached hydrogen (secondary N) is 2. The summed E-state index contributed by atoms with van der Waals surface area (Å²) in [6, 6.07) is 5.70. The molecule has 158 valence electrons. The van der Waals surface area contributed by atoms with Crippen LogP contribution in [0.2, 0.25) is 0 Å². The number of carbonyl (C=O) groups is 4. The number of rotatable bonds is 10. The van der Waals surface area contributed by atoms with Crippen molar-refractivity contribution in [1.82, 2.24) is 10.6 Å². The maximum Gasteiger partial charge on any atom is 0.378 e. The first-order valence-corrected chi connectivity index (χ1v) is 9.13. The lowest BCUT2D eigenvalue weighted by Crippen LogP contribution is -2.63. The fourth-order valence-electron chi connectivity index (χ4n) is 2.99. The van der Waals surface area contributed by atoms with Crippen LogP contribution < -0.4 is 20.1 Å². The molecular formula is C19H24N2O8. The van der Waals surface area contributed by atoms with Crippen LogP contribution in [0.5, 0.6) is 11.5 Å². The van der Waals surface area contributed by atoms with Crippen molar-refractivity contribution in [1.29, 1.82) is 0 Å². The molecule has 10 heteroatoms. The monoisotopic (exact) mass is 408 g/mol. The molecule has 2 rings (SSSR count). The van der Waals surface area contributed by atoms with Crippen molar-refractivity contribution in [3.05, 3.63) is 24.3 Å². The Kier molecular flexibility index (Phi) is 7.54. The number of carboxylic acid groups (broad SMARTS) is 2. The van der Waals surface area contributed by atoms with Crippen LogP contribution in [0.3, 0.4) is 0 Å². The van der Waals surface area contributed by atoms with Crippen molar-refractivity contribution in [3.63, 3.8) is 0 Å². The van der Waals surface area contributed by atoms with Crippen molar-refractivity contribution in [3.8, 4) is 11.5 Å². The number of amides is 1. The van der Waals surface area contributed by atoms with Gasteiger partial charge in [0.05, 0.1) is 0 Å². The number of ketones is 1. The van der Waals surface area contributed by atoms with Gasteiger partial charge in [0.2, 0.25) is 11.7 Å². The SMILES string of the molecule is CC(=O)C(NC(=O)CC1CCNCC1)(Oc1ccccc1OCC(=O)O)C(=O)O. The van der Waals surface area contributed by atoms with Crippen LogP contribution in [0.25, 0.3) is 0 Å². The van der Waals surface area contributed by atoms with Crippen LogP contribution >= 0.6 is 0 Å². The summed E-state index contributed by atoms with van der Waals surface area (Å²) in [5.74, 6) is -4.71. The van der Waals surface area contributed by atoms with E-state index in [1.807, 2.05) is 0 Å². The third-order valence-electron chi connectivity index (χ3n) is 4.51. The summed E-state index contributed by atoms with van der Waals surface area (Å²) in [5, 5.41) is 23.9. The Morgan fingerprint density at radius 3 is 2.31 bits per heavy atom. The Morgan fingerprint density at radius 2 is 1.76 bits per heavy atom. The molecule has 29 heavy (non-hydrogen) atoms. The van der Waals surface area contributed by atoms with Crippen molar-refractivity contribution in [2.75, 3.05) is 19.7 Å². The minimum atomic E-state index is -2.66. The van der Waals surface area contributed by atoms with Crippen molar-refractivity contribution < 1.29 is 38.9 Å². The molecule has 1 atom stereocenters. The summed E-state index contributed by atoms with van der Waals surface area (Å²) in [6.45, 7) is 1.82. The highest BCUT2D eigenvalue weighted by Crippen LogP contribution is 2.30. The molecule has 0 radical (unpaired) electrons. The van der Waals surface area contributed by atoms with E-state index in [0.29, 0.717) is 0 Å². The fourth-order valence-corrected chi connectivity index (χ4v) is 2.99. The maximum absolute atomic E-state index is 12.5. The second kappa shape index (κ2) is 9.87. The standard InChI is InChI=1S/C19H24N2O8/c1-12(22)19(18(26)27,21-16(23)10-13-6-8-20-9-7-13)29-15-5-3-2-4-14(15)28-11-17(24)25/h2-5,13,20H,6-11H2,1H3,(H,21,23)(H,24,25)(H,26,27). The van der Waals surface area contributed by atoms with E-state index in [4.69, 9.17) is 14.6 Å². The highest BCUT2D eigenvalue weighted by Gasteiger charge is 2.49. The minimum absolute atomic E-state index is 0.0600. The second-order valence-corrected chi connectivity index (χ2v) is 6.72. The van der Waals surface area contributed by atoms with Gasteiger partial charge in [-0.3, -0.25) is 9.59 Å². The van der Waals surface area contributed by atoms with E-state index >= 15 is 0 Å². The summed E-state index contributed by atoms with van der Waals surface area (Å²) < 4.78 is 10.5. The molecule has 0 saturated carbocycles. The van der Waals surface area contributed by atoms with Gasteiger partial charge < -0.3 is 30.3 Å². The van der Waals surface area contributed by atoms with Gasteiger partial charge in [0.25, 0.3) is 0 Å². The Bertz CT molecular complexity index is 759. The zero-order valence-electron chi connectivity index (χ0n) is 16.0. The van der Waals surface area contributed by atoms with E-state index in [2.05, 4.69) is 10.6 Å². The van der Waals surface area contributed by atoms with Gasteiger partial charge in [0.15, 0.2) is 18.1 Å². The molecule has 1 heterocycles. The van der Waals surface area contributed by atoms with Crippen LogP contribution in [0.15, 0.2) is 24.3 Å². The minimum Gasteiger partial charge on any atom is -0.479 e. The van der Waals surface area contributed by atoms with Gasteiger partial charge >= 0.3 is 17.7 Å². The lowest BCUT2D eigenvalue weighted by atomic mass is 9.94. The third kappa shape index (κ3) is 5.92. The topological polar surface area (TPSA) is 151 Å². The normalized spacial score (nSPS) is 16.3. The Balaban J connectivity index is 2.24. The van der Waals surface area contributed by atoms with E-state index in [1.165, 1.54) is 24.3 Å². The summed E-state index contributed by atoms with van der Waals surface area (Å²) in [4.78, 5) is 47.5. The first-order valence-electron chi connectivity index (χ1n) is 9.13. The molecule has 1 aromatic rings. The molecule has 1 fully saturated rings. The van der Waals surface area contributed by atoms with Gasteiger partial charge in [-0.1, -0.05) is 12.1 Å². The zero-order chi connectivity index (χ0) is 21.4. The highest BCUT2D eigenvalue weighted by atomic mass is 16.6. The number of hydrogen-bond donors (Lipinski definition) is 4. The summed E-state index contributed by atoms with van der Waals surface area (Å²) in [6.07, 6.45) is 1.59. The van der Waals surface area contributed by atoms with E-state index in [1.54, 1.807) is 0 Å². The summed E-state index contributed by atoms with van der Waals surface area (Å²) in [7, 11) is 0. The van der Waals surface area contributed by atoms with Crippen molar-refractivity contribution in [2.45, 2.75) is 31.9 Å². The molecule has 0 bridgehead atoms. The van der Waals surface area contributed by atoms with E-state index in [0.717, 1.165) is 32.9 Å². The van der Waals surface area contributed by atoms with Gasteiger partial charge in [-0.2, -0.15) is 0 Å². The number of carboxylic acids is 2. The molecule has 0 aromatic heterocycles. The maximum atomic E-state index is 12.5. The van der Waals surface area contributed by atoms with E-state index in [9.17, 15) is 24.3 Å². The van der Waals surface area contributed by atoms with Crippen LogP contribution in [0, 0.1) is 5.92 Å². The second-order valence-electron chi connectivity index (χ2n) is 6.72. The van der Waals surface area contributed by atoms with Crippen LogP contribution in [0.1, 0.15) is 26.2 Å². The molecule has 10 nitrogen and oxygen atoms in total. The predicted octanol–water partition coefficient (Wildman–Crippen LogP) is 0.405. The fraction of sp³-hybridized carbons (Fsp3) is 0.474. The number of piperidine rings is 1. The summed E-state index contributed by atoms with van der Waals surface area (Å²) >= 11 is 0. The number of carbonyl (C=O) groups excluding carboxylic acids is 2. The number of aliphatic carboxylic acids is 2. The average molecular weight is 408 g/mol. The largest absolute Gasteiger partial charge is 0.479 e. The van der Waals surface area contributed by atoms with Crippen molar-refractivity contribution >= 4 is 23.6 Å². The smallest absolute Gasteiger partial charge is 0.378 e. The van der Waals surface area contributed by atoms with Gasteiger partial charge in [-0.05, 0) is 44.0 Å². The Morgan fingerprint density at radius 1 is 1.14 bits per heavy atom. The van der Waals surface area contributed by atoms with Gasteiger partial charge in [0.1, 0.15) is 0 Å². The van der Waals surface area contributed by atoms with Crippen LogP contribution in [-0.4, -0.2) is 59.3 Å². The molecule has 1 aliphatic heterocycles. The summed E-state index contributed by atoms with van der Waals surface area (Å²) in [5.41, 5.74) is -2.66. The molecule has 4 N–H and O–H groups in total. The average Bonchev–Trinajstić information content (AvgIpc) is 2.67. The first-order chi connectivity index (χ1) is 13.7.